The molecule has 0 aliphatic rings. The summed E-state index contributed by atoms with van der Waals surface area (Å²) in [7, 11) is 0. The summed E-state index contributed by atoms with van der Waals surface area (Å²) in [5.74, 6) is 2.15. The van der Waals surface area contributed by atoms with E-state index in [1.54, 1.807) is 37.0 Å². The fourth-order valence-electron chi connectivity index (χ4n) is 2.91. The highest BCUT2D eigenvalue weighted by Gasteiger charge is 2.18. The second-order valence-electron chi connectivity index (χ2n) is 6.77. The van der Waals surface area contributed by atoms with Gasteiger partial charge in [-0.25, -0.2) is 0 Å². The van der Waals surface area contributed by atoms with Crippen molar-refractivity contribution < 1.29 is 32.9 Å². The Hall–Kier alpha value is -2.36. The molecule has 158 valence electrons. The number of ether oxygens (including phenoxy) is 2. The first kappa shape index (κ1) is 21.4. The standard InChI is InChI=1S/C21H27NO7/c23-17(13-25-15-20-5-2-8-28-20)10-22(12-19-4-1-7-27-19)11-18(24)14-26-16-21-6-3-9-29-21/h1-9,17-18,23-24H,10-16H2. The van der Waals surface area contributed by atoms with Crippen LogP contribution in [0, 0.1) is 0 Å². The number of rotatable bonds is 14. The maximum atomic E-state index is 10.3. The van der Waals surface area contributed by atoms with E-state index in [2.05, 4.69) is 0 Å². The smallest absolute Gasteiger partial charge is 0.129 e. The van der Waals surface area contributed by atoms with Gasteiger partial charge in [0, 0.05) is 13.1 Å². The van der Waals surface area contributed by atoms with Crippen LogP contribution in [0.2, 0.25) is 0 Å². The van der Waals surface area contributed by atoms with E-state index in [1.165, 1.54) is 0 Å². The Kier molecular flexibility index (Phi) is 8.54. The third kappa shape index (κ3) is 7.88. The van der Waals surface area contributed by atoms with E-state index in [4.69, 9.17) is 22.7 Å². The van der Waals surface area contributed by atoms with E-state index in [-0.39, 0.29) is 13.2 Å². The highest BCUT2D eigenvalue weighted by molar-refractivity contribution is 4.98. The molecule has 0 spiro atoms. The number of hydrogen-bond donors (Lipinski definition) is 2. The van der Waals surface area contributed by atoms with Gasteiger partial charge in [0.15, 0.2) is 0 Å². The minimum atomic E-state index is -0.726. The van der Waals surface area contributed by atoms with E-state index < -0.39 is 12.2 Å². The molecule has 2 N–H and O–H groups in total. The van der Waals surface area contributed by atoms with Gasteiger partial charge in [0.05, 0.1) is 50.8 Å². The first-order valence-corrected chi connectivity index (χ1v) is 9.50. The molecule has 29 heavy (non-hydrogen) atoms. The number of nitrogens with zero attached hydrogens (tertiary/aromatic N) is 1. The molecule has 3 aromatic heterocycles. The number of aliphatic hydroxyl groups is 2. The zero-order valence-corrected chi connectivity index (χ0v) is 16.2. The van der Waals surface area contributed by atoms with E-state index in [9.17, 15) is 10.2 Å². The van der Waals surface area contributed by atoms with E-state index in [0.717, 1.165) is 5.76 Å². The minimum Gasteiger partial charge on any atom is -0.468 e. The van der Waals surface area contributed by atoms with Crippen LogP contribution in [0.25, 0.3) is 0 Å². The Labute approximate surface area is 169 Å². The maximum Gasteiger partial charge on any atom is 0.129 e. The van der Waals surface area contributed by atoms with Crippen LogP contribution >= 0.6 is 0 Å². The fourth-order valence-corrected chi connectivity index (χ4v) is 2.91. The molecule has 3 rings (SSSR count). The predicted molar refractivity (Wildman–Crippen MR) is 103 cm³/mol. The topological polar surface area (TPSA) is 102 Å². The van der Waals surface area contributed by atoms with Gasteiger partial charge in [-0.15, -0.1) is 0 Å². The summed E-state index contributed by atoms with van der Waals surface area (Å²) in [6.07, 6.45) is 3.30. The molecule has 3 heterocycles. The molecule has 0 amide bonds. The van der Waals surface area contributed by atoms with Crippen LogP contribution in [0.4, 0.5) is 0 Å². The van der Waals surface area contributed by atoms with Crippen molar-refractivity contribution in [3.63, 3.8) is 0 Å². The zero-order valence-electron chi connectivity index (χ0n) is 16.2. The predicted octanol–water partition coefficient (Wildman–Crippen LogP) is 2.42. The summed E-state index contributed by atoms with van der Waals surface area (Å²) < 4.78 is 26.8. The lowest BCUT2D eigenvalue weighted by Gasteiger charge is -2.26. The Bertz CT molecular complexity index is 707. The van der Waals surface area contributed by atoms with Crippen molar-refractivity contribution in [2.75, 3.05) is 26.3 Å². The van der Waals surface area contributed by atoms with Gasteiger partial charge in [0.25, 0.3) is 0 Å². The van der Waals surface area contributed by atoms with Gasteiger partial charge in [0.1, 0.15) is 30.5 Å². The third-order valence-corrected chi connectivity index (χ3v) is 4.17. The Morgan fingerprint density at radius 3 is 1.59 bits per heavy atom. The van der Waals surface area contributed by atoms with Gasteiger partial charge < -0.3 is 32.9 Å². The third-order valence-electron chi connectivity index (χ3n) is 4.17. The molecule has 0 bridgehead atoms. The summed E-state index contributed by atoms with van der Waals surface area (Å²) in [6.45, 7) is 1.98. The number of furan rings is 3. The van der Waals surface area contributed by atoms with Crippen molar-refractivity contribution in [3.8, 4) is 0 Å². The van der Waals surface area contributed by atoms with E-state index in [1.807, 2.05) is 23.1 Å². The maximum absolute atomic E-state index is 10.3. The Morgan fingerprint density at radius 2 is 1.17 bits per heavy atom. The quantitative estimate of drug-likeness (QED) is 0.422. The van der Waals surface area contributed by atoms with Gasteiger partial charge in [-0.3, -0.25) is 4.90 Å². The highest BCUT2D eigenvalue weighted by Crippen LogP contribution is 2.09. The van der Waals surface area contributed by atoms with Gasteiger partial charge >= 0.3 is 0 Å². The fraction of sp³-hybridized carbons (Fsp3) is 0.429. The lowest BCUT2D eigenvalue weighted by molar-refractivity contribution is -0.0223. The number of aliphatic hydroxyl groups excluding tert-OH is 2. The van der Waals surface area contributed by atoms with Crippen LogP contribution < -0.4 is 0 Å². The normalized spacial score (nSPS) is 13.8. The molecule has 8 nitrogen and oxygen atoms in total. The summed E-state index contributed by atoms with van der Waals surface area (Å²) in [5.41, 5.74) is 0. The Morgan fingerprint density at radius 1 is 0.724 bits per heavy atom. The molecule has 0 saturated heterocycles. The molecule has 2 unspecified atom stereocenters. The van der Waals surface area contributed by atoms with Crippen LogP contribution in [-0.4, -0.2) is 53.6 Å². The lowest BCUT2D eigenvalue weighted by atomic mass is 10.2. The average Bonchev–Trinajstić information content (AvgIpc) is 3.45. The van der Waals surface area contributed by atoms with Gasteiger partial charge in [-0.05, 0) is 36.4 Å². The SMILES string of the molecule is OC(COCc1ccco1)CN(Cc1ccco1)CC(O)COCc1ccco1. The molecule has 2 atom stereocenters. The molecule has 0 aliphatic heterocycles. The van der Waals surface area contributed by atoms with Crippen LogP contribution in [-0.2, 0) is 29.2 Å². The van der Waals surface area contributed by atoms with E-state index >= 15 is 0 Å². The van der Waals surface area contributed by atoms with Crippen molar-refractivity contribution in [1.82, 2.24) is 4.90 Å². The van der Waals surface area contributed by atoms with Crippen molar-refractivity contribution in [1.29, 1.82) is 0 Å². The lowest BCUT2D eigenvalue weighted by Crippen LogP contribution is -2.40. The first-order chi connectivity index (χ1) is 14.2. The second kappa shape index (κ2) is 11.6. The molecule has 3 aromatic rings. The molecule has 0 aliphatic carbocycles. The van der Waals surface area contributed by atoms with Crippen LogP contribution in [0.3, 0.4) is 0 Å². The summed E-state index contributed by atoms with van der Waals surface area (Å²) in [4.78, 5) is 1.90. The highest BCUT2D eigenvalue weighted by atomic mass is 16.5. The number of hydrogen-bond acceptors (Lipinski definition) is 8. The molecule has 0 saturated carbocycles. The van der Waals surface area contributed by atoms with Crippen LogP contribution in [0.15, 0.2) is 68.4 Å². The van der Waals surface area contributed by atoms with Crippen molar-refractivity contribution >= 4 is 0 Å². The summed E-state index contributed by atoms with van der Waals surface area (Å²) in [6, 6.07) is 10.9. The average molecular weight is 405 g/mol. The molecular weight excluding hydrogens is 378 g/mol. The van der Waals surface area contributed by atoms with Crippen molar-refractivity contribution in [2.24, 2.45) is 0 Å². The summed E-state index contributed by atoms with van der Waals surface area (Å²) in [5, 5.41) is 20.7. The monoisotopic (exact) mass is 405 g/mol. The van der Waals surface area contributed by atoms with E-state index in [0.29, 0.717) is 44.4 Å². The van der Waals surface area contributed by atoms with Gasteiger partial charge in [-0.1, -0.05) is 0 Å². The molecular formula is C21H27NO7. The largest absolute Gasteiger partial charge is 0.468 e. The van der Waals surface area contributed by atoms with Crippen LogP contribution in [0.5, 0.6) is 0 Å². The first-order valence-electron chi connectivity index (χ1n) is 9.50. The van der Waals surface area contributed by atoms with Gasteiger partial charge in [0.2, 0.25) is 0 Å². The minimum absolute atomic E-state index is 0.153. The van der Waals surface area contributed by atoms with Crippen LogP contribution in [0.1, 0.15) is 17.3 Å². The van der Waals surface area contributed by atoms with Crippen molar-refractivity contribution in [2.45, 2.75) is 32.0 Å². The summed E-state index contributed by atoms with van der Waals surface area (Å²) >= 11 is 0. The molecule has 0 aromatic carbocycles. The molecule has 0 fully saturated rings. The molecule has 8 heteroatoms. The Balaban J connectivity index is 1.43. The van der Waals surface area contributed by atoms with Gasteiger partial charge in [-0.2, -0.15) is 0 Å². The molecule has 0 radical (unpaired) electrons. The van der Waals surface area contributed by atoms with Crippen molar-refractivity contribution in [3.05, 3.63) is 72.5 Å². The second-order valence-corrected chi connectivity index (χ2v) is 6.77. The zero-order chi connectivity index (χ0) is 20.3.